The molecule has 0 radical (unpaired) electrons. The van der Waals surface area contributed by atoms with Gasteiger partial charge in [-0.15, -0.1) is 0 Å². The summed E-state index contributed by atoms with van der Waals surface area (Å²) in [5, 5.41) is 0. The van der Waals surface area contributed by atoms with Crippen molar-refractivity contribution in [2.24, 2.45) is 17.6 Å². The van der Waals surface area contributed by atoms with E-state index >= 15 is 0 Å². The van der Waals surface area contributed by atoms with E-state index in [2.05, 4.69) is 11.8 Å². The normalized spacial score (nSPS) is 27.8. The average Bonchev–Trinajstić information content (AvgIpc) is 2.32. The number of nitrogens with zero attached hydrogens (tertiary/aromatic N) is 1. The van der Waals surface area contributed by atoms with E-state index in [-0.39, 0.29) is 12.0 Å². The molecule has 0 bridgehead atoms. The summed E-state index contributed by atoms with van der Waals surface area (Å²) in [5.41, 5.74) is 5.79. The lowest BCUT2D eigenvalue weighted by Gasteiger charge is -2.39. The van der Waals surface area contributed by atoms with Crippen LogP contribution in [0.15, 0.2) is 0 Å². The molecule has 0 aromatic heterocycles. The second kappa shape index (κ2) is 6.97. The minimum Gasteiger partial charge on any atom is -0.465 e. The van der Waals surface area contributed by atoms with Crippen LogP contribution in [0.2, 0.25) is 0 Å². The highest BCUT2D eigenvalue weighted by atomic mass is 16.5. The zero-order valence-corrected chi connectivity index (χ0v) is 11.3. The molecule has 0 saturated carbocycles. The van der Waals surface area contributed by atoms with Crippen LogP contribution in [0, 0.1) is 11.8 Å². The molecule has 0 aromatic rings. The Morgan fingerprint density at radius 2 is 2.24 bits per heavy atom. The molecular formula is C13H26N2O2. The fraction of sp³-hybridized carbons (Fsp3) is 0.923. The van der Waals surface area contributed by atoms with Crippen molar-refractivity contribution in [2.75, 3.05) is 26.2 Å². The van der Waals surface area contributed by atoms with Gasteiger partial charge in [-0.25, -0.2) is 0 Å². The Hall–Kier alpha value is -0.610. The summed E-state index contributed by atoms with van der Waals surface area (Å²) in [5.74, 6) is 1.09. The van der Waals surface area contributed by atoms with Crippen LogP contribution in [0.25, 0.3) is 0 Å². The Labute approximate surface area is 104 Å². The van der Waals surface area contributed by atoms with Crippen molar-refractivity contribution in [3.8, 4) is 0 Å². The van der Waals surface area contributed by atoms with Crippen LogP contribution in [0.4, 0.5) is 0 Å². The number of hydrogen-bond acceptors (Lipinski definition) is 4. The zero-order valence-electron chi connectivity index (χ0n) is 11.3. The molecule has 100 valence electrons. The van der Waals surface area contributed by atoms with Gasteiger partial charge in [-0.05, 0) is 44.7 Å². The molecule has 3 unspecified atom stereocenters. The SMILES string of the molecule is CCOC(=O)C(CC)N1CCC(C)C(CN)C1. The van der Waals surface area contributed by atoms with E-state index in [1.54, 1.807) is 0 Å². The lowest BCUT2D eigenvalue weighted by atomic mass is 9.86. The summed E-state index contributed by atoms with van der Waals surface area (Å²) >= 11 is 0. The van der Waals surface area contributed by atoms with Crippen molar-refractivity contribution in [2.45, 2.75) is 39.7 Å². The molecule has 0 aromatic carbocycles. The maximum absolute atomic E-state index is 11.9. The maximum atomic E-state index is 11.9. The minimum absolute atomic E-state index is 0.0830. The summed E-state index contributed by atoms with van der Waals surface area (Å²) < 4.78 is 5.13. The molecule has 4 heteroatoms. The first kappa shape index (κ1) is 14.5. The third-order valence-electron chi connectivity index (χ3n) is 3.83. The number of nitrogens with two attached hydrogens (primary N) is 1. The topological polar surface area (TPSA) is 55.6 Å². The Bertz CT molecular complexity index is 246. The van der Waals surface area contributed by atoms with Crippen molar-refractivity contribution in [3.05, 3.63) is 0 Å². The van der Waals surface area contributed by atoms with Crippen molar-refractivity contribution in [1.82, 2.24) is 4.90 Å². The Kier molecular flexibility index (Phi) is 5.92. The maximum Gasteiger partial charge on any atom is 0.323 e. The summed E-state index contributed by atoms with van der Waals surface area (Å²) in [4.78, 5) is 14.1. The summed E-state index contributed by atoms with van der Waals surface area (Å²) in [6, 6.07) is -0.0866. The van der Waals surface area contributed by atoms with E-state index < -0.39 is 0 Å². The molecule has 0 aliphatic carbocycles. The van der Waals surface area contributed by atoms with E-state index in [1.165, 1.54) is 0 Å². The first-order valence-electron chi connectivity index (χ1n) is 6.74. The molecule has 4 nitrogen and oxygen atoms in total. The predicted molar refractivity (Wildman–Crippen MR) is 68.6 cm³/mol. The molecule has 1 heterocycles. The molecule has 1 fully saturated rings. The lowest BCUT2D eigenvalue weighted by molar-refractivity contribution is -0.150. The third-order valence-corrected chi connectivity index (χ3v) is 3.83. The highest BCUT2D eigenvalue weighted by Crippen LogP contribution is 2.24. The van der Waals surface area contributed by atoms with Crippen LogP contribution < -0.4 is 5.73 Å². The second-order valence-corrected chi connectivity index (χ2v) is 4.93. The quantitative estimate of drug-likeness (QED) is 0.737. The standard InChI is InChI=1S/C13H26N2O2/c1-4-12(13(16)17-5-2)15-7-6-10(3)11(8-14)9-15/h10-12H,4-9,14H2,1-3H3. The molecule has 17 heavy (non-hydrogen) atoms. The van der Waals surface area contributed by atoms with Gasteiger partial charge in [-0.2, -0.15) is 0 Å². The highest BCUT2D eigenvalue weighted by molar-refractivity contribution is 5.75. The molecule has 1 rings (SSSR count). The van der Waals surface area contributed by atoms with Crippen LogP contribution in [0.3, 0.4) is 0 Å². The monoisotopic (exact) mass is 242 g/mol. The summed E-state index contributed by atoms with van der Waals surface area (Å²) in [7, 11) is 0. The van der Waals surface area contributed by atoms with E-state index in [4.69, 9.17) is 10.5 Å². The summed E-state index contributed by atoms with van der Waals surface area (Å²) in [6.07, 6.45) is 1.93. The van der Waals surface area contributed by atoms with E-state index in [0.717, 1.165) is 25.9 Å². The number of likely N-dealkylation sites (tertiary alicyclic amines) is 1. The second-order valence-electron chi connectivity index (χ2n) is 4.93. The van der Waals surface area contributed by atoms with Crippen molar-refractivity contribution >= 4 is 5.97 Å². The van der Waals surface area contributed by atoms with Crippen LogP contribution in [-0.2, 0) is 9.53 Å². The number of rotatable bonds is 5. The Morgan fingerprint density at radius 3 is 2.76 bits per heavy atom. The van der Waals surface area contributed by atoms with Gasteiger partial charge in [0, 0.05) is 6.54 Å². The third kappa shape index (κ3) is 3.68. The van der Waals surface area contributed by atoms with Gasteiger partial charge in [-0.3, -0.25) is 9.69 Å². The predicted octanol–water partition coefficient (Wildman–Crippen LogP) is 1.24. The molecule has 3 atom stereocenters. The zero-order chi connectivity index (χ0) is 12.8. The van der Waals surface area contributed by atoms with Gasteiger partial charge in [0.15, 0.2) is 0 Å². The first-order valence-corrected chi connectivity index (χ1v) is 6.74. The van der Waals surface area contributed by atoms with E-state index in [0.29, 0.717) is 25.0 Å². The fourth-order valence-corrected chi connectivity index (χ4v) is 2.58. The Balaban J connectivity index is 2.60. The smallest absolute Gasteiger partial charge is 0.323 e. The van der Waals surface area contributed by atoms with E-state index in [9.17, 15) is 4.79 Å². The fourth-order valence-electron chi connectivity index (χ4n) is 2.58. The van der Waals surface area contributed by atoms with Gasteiger partial charge in [0.2, 0.25) is 0 Å². The molecule has 0 spiro atoms. The van der Waals surface area contributed by atoms with Gasteiger partial charge >= 0.3 is 5.97 Å². The largest absolute Gasteiger partial charge is 0.465 e. The lowest BCUT2D eigenvalue weighted by Crippen LogP contribution is -2.50. The molecule has 2 N–H and O–H groups in total. The molecule has 1 aliphatic rings. The van der Waals surface area contributed by atoms with Crippen LogP contribution in [-0.4, -0.2) is 43.2 Å². The van der Waals surface area contributed by atoms with E-state index in [1.807, 2.05) is 13.8 Å². The van der Waals surface area contributed by atoms with Crippen LogP contribution in [0.5, 0.6) is 0 Å². The van der Waals surface area contributed by atoms with Crippen molar-refractivity contribution < 1.29 is 9.53 Å². The van der Waals surface area contributed by atoms with Crippen molar-refractivity contribution in [1.29, 1.82) is 0 Å². The van der Waals surface area contributed by atoms with Gasteiger partial charge in [0.05, 0.1) is 6.61 Å². The van der Waals surface area contributed by atoms with Crippen LogP contribution >= 0.6 is 0 Å². The van der Waals surface area contributed by atoms with Gasteiger partial charge in [0.1, 0.15) is 6.04 Å². The molecule has 1 aliphatic heterocycles. The molecule has 1 saturated heterocycles. The minimum atomic E-state index is -0.0866. The van der Waals surface area contributed by atoms with Crippen LogP contribution in [0.1, 0.15) is 33.6 Å². The van der Waals surface area contributed by atoms with Gasteiger partial charge in [-0.1, -0.05) is 13.8 Å². The number of esters is 1. The highest BCUT2D eigenvalue weighted by Gasteiger charge is 2.32. The number of carbonyl (C=O) groups is 1. The number of ether oxygens (including phenoxy) is 1. The van der Waals surface area contributed by atoms with Gasteiger partial charge < -0.3 is 10.5 Å². The van der Waals surface area contributed by atoms with Gasteiger partial charge in [0.25, 0.3) is 0 Å². The molecule has 0 amide bonds. The number of carbonyl (C=O) groups excluding carboxylic acids is 1. The van der Waals surface area contributed by atoms with Crippen molar-refractivity contribution in [3.63, 3.8) is 0 Å². The first-order chi connectivity index (χ1) is 8.13. The average molecular weight is 242 g/mol. The number of hydrogen-bond donors (Lipinski definition) is 1. The molecular weight excluding hydrogens is 216 g/mol. The summed E-state index contributed by atoms with van der Waals surface area (Å²) in [6.45, 7) is 9.21. The number of piperidine rings is 1. The Morgan fingerprint density at radius 1 is 1.53 bits per heavy atom.